The minimum absolute atomic E-state index is 0.551. The molecule has 0 spiro atoms. The van der Waals surface area contributed by atoms with E-state index in [4.69, 9.17) is 29.9 Å². The van der Waals surface area contributed by atoms with Crippen LogP contribution < -0.4 is 0 Å². The Balaban J connectivity index is 1.11. The van der Waals surface area contributed by atoms with Crippen molar-refractivity contribution < 1.29 is 0 Å². The third kappa shape index (κ3) is 6.05. The summed E-state index contributed by atoms with van der Waals surface area (Å²) in [5.41, 5.74) is 9.12. The van der Waals surface area contributed by atoms with Crippen molar-refractivity contribution in [3.63, 3.8) is 0 Å². The Labute approximate surface area is 277 Å². The van der Waals surface area contributed by atoms with Crippen LogP contribution in [0.15, 0.2) is 158 Å². The van der Waals surface area contributed by atoms with Gasteiger partial charge >= 0.3 is 0 Å². The molecule has 8 heteroatoms. The zero-order chi connectivity index (χ0) is 32.1. The summed E-state index contributed by atoms with van der Waals surface area (Å²) in [6.45, 7) is 0. The molecule has 0 atom stereocenters. The van der Waals surface area contributed by atoms with Crippen molar-refractivity contribution in [2.45, 2.75) is 0 Å². The molecule has 0 saturated heterocycles. The first-order valence-corrected chi connectivity index (χ1v) is 15.4. The van der Waals surface area contributed by atoms with E-state index in [0.717, 1.165) is 62.0 Å². The number of nitrogens with zero attached hydrogens (tertiary/aromatic N) is 8. The monoisotopic (exact) mass is 618 g/mol. The van der Waals surface area contributed by atoms with E-state index < -0.39 is 0 Å². The topological polar surface area (TPSA) is 103 Å². The molecule has 8 rings (SSSR count). The molecule has 8 aromatic rings. The highest BCUT2D eigenvalue weighted by Gasteiger charge is 2.14. The molecule has 0 aliphatic rings. The molecule has 0 saturated carbocycles. The third-order valence-electron chi connectivity index (χ3n) is 7.76. The van der Waals surface area contributed by atoms with Gasteiger partial charge in [-0.3, -0.25) is 19.9 Å². The van der Waals surface area contributed by atoms with Crippen LogP contribution in [0.3, 0.4) is 0 Å². The van der Waals surface area contributed by atoms with Crippen molar-refractivity contribution in [1.82, 2.24) is 39.9 Å². The molecule has 2 aromatic carbocycles. The van der Waals surface area contributed by atoms with Gasteiger partial charge in [0.2, 0.25) is 0 Å². The van der Waals surface area contributed by atoms with Gasteiger partial charge in [-0.2, -0.15) is 0 Å². The van der Waals surface area contributed by atoms with Crippen LogP contribution in [0, 0.1) is 0 Å². The van der Waals surface area contributed by atoms with E-state index in [0.29, 0.717) is 17.5 Å². The maximum atomic E-state index is 4.87. The van der Waals surface area contributed by atoms with Gasteiger partial charge in [0.15, 0.2) is 17.5 Å². The third-order valence-corrected chi connectivity index (χ3v) is 7.76. The first-order valence-electron chi connectivity index (χ1n) is 15.4. The van der Waals surface area contributed by atoms with Gasteiger partial charge in [-0.1, -0.05) is 78.9 Å². The quantitative estimate of drug-likeness (QED) is 0.175. The summed E-state index contributed by atoms with van der Waals surface area (Å²) in [5.74, 6) is 1.76. The average Bonchev–Trinajstić information content (AvgIpc) is 3.19. The molecule has 0 aliphatic heterocycles. The second kappa shape index (κ2) is 12.9. The van der Waals surface area contributed by atoms with Crippen LogP contribution in [-0.2, 0) is 0 Å². The van der Waals surface area contributed by atoms with Gasteiger partial charge in [0.1, 0.15) is 0 Å². The first-order chi connectivity index (χ1) is 23.8. The van der Waals surface area contributed by atoms with E-state index in [1.807, 2.05) is 140 Å². The van der Waals surface area contributed by atoms with Crippen LogP contribution in [0.5, 0.6) is 0 Å². The van der Waals surface area contributed by atoms with Gasteiger partial charge in [-0.05, 0) is 60.2 Å². The molecule has 0 radical (unpaired) electrons. The van der Waals surface area contributed by atoms with Crippen molar-refractivity contribution >= 4 is 0 Å². The van der Waals surface area contributed by atoms with Crippen LogP contribution >= 0.6 is 0 Å². The highest BCUT2D eigenvalue weighted by molar-refractivity contribution is 5.75. The molecule has 0 unspecified atom stereocenters. The predicted molar refractivity (Wildman–Crippen MR) is 187 cm³/mol. The molecule has 0 bridgehead atoms. The fourth-order valence-corrected chi connectivity index (χ4v) is 5.32. The standard InChI is InChI=1S/C40H26N8/c1-3-11-27(12-4-1)38-46-39(28-13-5-2-6-14-28)48-40(47-38)30-18-20-35(44-26-30)34-19-17-29(25-43-34)31-23-36(32-15-7-9-21-41-32)45-37(24-31)33-16-8-10-22-42-33/h1-26H. The van der Waals surface area contributed by atoms with E-state index in [-0.39, 0.29) is 0 Å². The average molecular weight is 619 g/mol. The molecule has 8 nitrogen and oxygen atoms in total. The lowest BCUT2D eigenvalue weighted by Crippen LogP contribution is -2.00. The summed E-state index contributed by atoms with van der Waals surface area (Å²) in [6.07, 6.45) is 7.17. The number of pyridine rings is 5. The summed E-state index contributed by atoms with van der Waals surface area (Å²) in [5, 5.41) is 0. The fraction of sp³-hybridized carbons (Fsp3) is 0. The minimum atomic E-state index is 0.551. The van der Waals surface area contributed by atoms with Gasteiger partial charge in [0.25, 0.3) is 0 Å². The number of hydrogen-bond donors (Lipinski definition) is 0. The number of benzene rings is 2. The molecule has 0 aliphatic carbocycles. The zero-order valence-electron chi connectivity index (χ0n) is 25.6. The highest BCUT2D eigenvalue weighted by Crippen LogP contribution is 2.30. The van der Waals surface area contributed by atoms with Crippen molar-refractivity contribution in [3.8, 4) is 79.5 Å². The maximum absolute atomic E-state index is 4.87. The lowest BCUT2D eigenvalue weighted by molar-refractivity contribution is 1.07. The number of rotatable bonds is 7. The van der Waals surface area contributed by atoms with E-state index in [1.165, 1.54) is 0 Å². The normalized spacial score (nSPS) is 10.9. The zero-order valence-corrected chi connectivity index (χ0v) is 25.6. The molecule has 0 amide bonds. The van der Waals surface area contributed by atoms with Crippen molar-refractivity contribution in [2.75, 3.05) is 0 Å². The number of aromatic nitrogens is 8. The molecule has 6 heterocycles. The number of hydrogen-bond acceptors (Lipinski definition) is 8. The van der Waals surface area contributed by atoms with Gasteiger partial charge in [0.05, 0.1) is 34.2 Å². The predicted octanol–water partition coefficient (Wildman–Crippen LogP) is 8.52. The van der Waals surface area contributed by atoms with Gasteiger partial charge in [0, 0.05) is 47.0 Å². The van der Waals surface area contributed by atoms with Gasteiger partial charge in [-0.15, -0.1) is 0 Å². The molecular formula is C40H26N8. The second-order valence-corrected chi connectivity index (χ2v) is 11.0. The van der Waals surface area contributed by atoms with Crippen LogP contribution in [-0.4, -0.2) is 39.9 Å². The molecule has 0 N–H and O–H groups in total. The van der Waals surface area contributed by atoms with Crippen LogP contribution in [0.2, 0.25) is 0 Å². The first kappa shape index (κ1) is 28.7. The van der Waals surface area contributed by atoms with E-state index in [2.05, 4.69) is 9.97 Å². The summed E-state index contributed by atoms with van der Waals surface area (Å²) >= 11 is 0. The van der Waals surface area contributed by atoms with Crippen molar-refractivity contribution in [1.29, 1.82) is 0 Å². The largest absolute Gasteiger partial charge is 0.255 e. The van der Waals surface area contributed by atoms with E-state index >= 15 is 0 Å². The van der Waals surface area contributed by atoms with Crippen molar-refractivity contribution in [2.24, 2.45) is 0 Å². The molecule has 0 fully saturated rings. The Morgan fingerprint density at radius 3 is 1.15 bits per heavy atom. The summed E-state index contributed by atoms with van der Waals surface area (Å²) in [4.78, 5) is 37.9. The highest BCUT2D eigenvalue weighted by atomic mass is 15.0. The Bertz CT molecular complexity index is 2010. The molecule has 48 heavy (non-hydrogen) atoms. The maximum Gasteiger partial charge on any atom is 0.165 e. The van der Waals surface area contributed by atoms with Gasteiger partial charge in [-0.25, -0.2) is 19.9 Å². The molecule has 226 valence electrons. The minimum Gasteiger partial charge on any atom is -0.255 e. The lowest BCUT2D eigenvalue weighted by atomic mass is 10.0. The second-order valence-electron chi connectivity index (χ2n) is 11.0. The fourth-order valence-electron chi connectivity index (χ4n) is 5.32. The molecular weight excluding hydrogens is 592 g/mol. The van der Waals surface area contributed by atoms with Crippen LogP contribution in [0.4, 0.5) is 0 Å². The van der Waals surface area contributed by atoms with Crippen LogP contribution in [0.25, 0.3) is 79.5 Å². The molecule has 6 aromatic heterocycles. The van der Waals surface area contributed by atoms with Crippen LogP contribution in [0.1, 0.15) is 0 Å². The van der Waals surface area contributed by atoms with Crippen molar-refractivity contribution in [3.05, 3.63) is 158 Å². The lowest BCUT2D eigenvalue weighted by Gasteiger charge is -2.10. The summed E-state index contributed by atoms with van der Waals surface area (Å²) in [6, 6.07) is 43.4. The summed E-state index contributed by atoms with van der Waals surface area (Å²) in [7, 11) is 0. The Morgan fingerprint density at radius 2 is 0.708 bits per heavy atom. The Morgan fingerprint density at radius 1 is 0.271 bits per heavy atom. The van der Waals surface area contributed by atoms with E-state index in [1.54, 1.807) is 18.6 Å². The van der Waals surface area contributed by atoms with E-state index in [9.17, 15) is 0 Å². The smallest absolute Gasteiger partial charge is 0.165 e. The Hall–Kier alpha value is -6.80. The summed E-state index contributed by atoms with van der Waals surface area (Å²) < 4.78 is 0. The van der Waals surface area contributed by atoms with Gasteiger partial charge < -0.3 is 0 Å². The Kier molecular flexibility index (Phi) is 7.70. The SMILES string of the molecule is c1ccc(-c2nc(-c3ccccc3)nc(-c3ccc(-c4ccc(-c5cc(-c6ccccn6)nc(-c6ccccn6)c5)cn4)nc3)n2)cc1.